The van der Waals surface area contributed by atoms with Crippen molar-refractivity contribution in [2.45, 2.75) is 53.1 Å². The quantitative estimate of drug-likeness (QED) is 0.301. The molecule has 0 saturated carbocycles. The Bertz CT molecular complexity index is 1290. The minimum absolute atomic E-state index is 0.0777. The number of para-hydroxylation sites is 2. The maximum Gasteiger partial charge on any atom is 0.252 e. The highest BCUT2D eigenvalue weighted by Gasteiger charge is 2.19. The number of hydrogen-bond acceptors (Lipinski definition) is 3. The van der Waals surface area contributed by atoms with Crippen molar-refractivity contribution in [1.29, 1.82) is 0 Å². The van der Waals surface area contributed by atoms with Crippen LogP contribution in [-0.2, 0) is 6.54 Å². The maximum atomic E-state index is 12.9. The van der Waals surface area contributed by atoms with Gasteiger partial charge in [0, 0.05) is 12.1 Å². The van der Waals surface area contributed by atoms with Crippen molar-refractivity contribution >= 4 is 16.9 Å². The lowest BCUT2D eigenvalue weighted by Gasteiger charge is -2.17. The summed E-state index contributed by atoms with van der Waals surface area (Å²) >= 11 is 0. The number of benzene rings is 3. The van der Waals surface area contributed by atoms with Gasteiger partial charge in [-0.3, -0.25) is 4.79 Å². The fourth-order valence-electron chi connectivity index (χ4n) is 4.24. The number of fused-ring (bicyclic) bond motifs is 1. The Morgan fingerprint density at radius 3 is 2.56 bits per heavy atom. The molecule has 0 bridgehead atoms. The molecule has 0 aliphatic heterocycles. The van der Waals surface area contributed by atoms with E-state index in [0.29, 0.717) is 12.2 Å². The Labute approximate surface area is 201 Å². The standard InChI is InChI=1S/C29H33N3O2/c1-20-15-16-22(3)27(19-20)34-18-10-9-17-32-26-14-8-7-13-25(26)31-28(32)23(4)30-29(33)24-12-6-5-11-21(24)2/h5-8,11-16,19,23H,9-10,17-18H2,1-4H3,(H,30,33). The number of rotatable bonds is 9. The molecule has 1 aromatic heterocycles. The first-order chi connectivity index (χ1) is 16.4. The SMILES string of the molecule is Cc1ccc(C)c(OCCCCn2c(C(C)NC(=O)c3ccccc3C)nc3ccccc32)c1. The highest BCUT2D eigenvalue weighted by atomic mass is 16.5. The molecule has 1 N–H and O–H groups in total. The first-order valence-electron chi connectivity index (χ1n) is 12.0. The lowest BCUT2D eigenvalue weighted by Crippen LogP contribution is -2.29. The van der Waals surface area contributed by atoms with Crippen molar-refractivity contribution in [2.24, 2.45) is 0 Å². The summed E-state index contributed by atoms with van der Waals surface area (Å²) in [6.07, 6.45) is 1.89. The molecule has 4 aromatic rings. The van der Waals surface area contributed by atoms with Crippen LogP contribution in [0.4, 0.5) is 0 Å². The van der Waals surface area contributed by atoms with E-state index < -0.39 is 0 Å². The van der Waals surface area contributed by atoms with Gasteiger partial charge in [0.05, 0.1) is 23.7 Å². The number of aryl methyl sites for hydroxylation is 4. The van der Waals surface area contributed by atoms with Crippen LogP contribution >= 0.6 is 0 Å². The van der Waals surface area contributed by atoms with E-state index in [4.69, 9.17) is 9.72 Å². The van der Waals surface area contributed by atoms with Gasteiger partial charge in [0.2, 0.25) is 0 Å². The van der Waals surface area contributed by atoms with Crippen molar-refractivity contribution < 1.29 is 9.53 Å². The zero-order valence-corrected chi connectivity index (χ0v) is 20.5. The maximum absolute atomic E-state index is 12.9. The second-order valence-electron chi connectivity index (χ2n) is 8.94. The van der Waals surface area contributed by atoms with Gasteiger partial charge in [-0.15, -0.1) is 0 Å². The van der Waals surface area contributed by atoms with E-state index in [9.17, 15) is 4.79 Å². The van der Waals surface area contributed by atoms with Crippen LogP contribution in [0.5, 0.6) is 5.75 Å². The molecule has 0 fully saturated rings. The van der Waals surface area contributed by atoms with Crippen LogP contribution in [0, 0.1) is 20.8 Å². The van der Waals surface area contributed by atoms with Crippen LogP contribution in [0.25, 0.3) is 11.0 Å². The fraction of sp³-hybridized carbons (Fsp3) is 0.310. The second-order valence-corrected chi connectivity index (χ2v) is 8.94. The highest BCUT2D eigenvalue weighted by molar-refractivity contribution is 5.95. The molecule has 3 aromatic carbocycles. The molecule has 5 nitrogen and oxygen atoms in total. The highest BCUT2D eigenvalue weighted by Crippen LogP contribution is 2.23. The predicted molar refractivity (Wildman–Crippen MR) is 137 cm³/mol. The number of ether oxygens (including phenoxy) is 1. The lowest BCUT2D eigenvalue weighted by atomic mass is 10.1. The molecule has 1 amide bonds. The summed E-state index contributed by atoms with van der Waals surface area (Å²) < 4.78 is 8.27. The van der Waals surface area contributed by atoms with E-state index in [-0.39, 0.29) is 11.9 Å². The zero-order valence-electron chi connectivity index (χ0n) is 20.5. The first kappa shape index (κ1) is 23.6. The van der Waals surface area contributed by atoms with Gasteiger partial charge in [0.25, 0.3) is 5.91 Å². The largest absolute Gasteiger partial charge is 0.493 e. The molecule has 0 spiro atoms. The van der Waals surface area contributed by atoms with Gasteiger partial charge in [-0.25, -0.2) is 4.98 Å². The lowest BCUT2D eigenvalue weighted by molar-refractivity contribution is 0.0937. The molecule has 176 valence electrons. The summed E-state index contributed by atoms with van der Waals surface area (Å²) in [5, 5.41) is 3.14. The molecule has 34 heavy (non-hydrogen) atoms. The number of nitrogens with zero attached hydrogens (tertiary/aromatic N) is 2. The molecule has 4 rings (SSSR count). The van der Waals surface area contributed by atoms with Gasteiger partial charge in [0.1, 0.15) is 11.6 Å². The summed E-state index contributed by atoms with van der Waals surface area (Å²) in [4.78, 5) is 17.8. The van der Waals surface area contributed by atoms with Crippen molar-refractivity contribution in [1.82, 2.24) is 14.9 Å². The second kappa shape index (κ2) is 10.6. The summed E-state index contributed by atoms with van der Waals surface area (Å²) in [7, 11) is 0. The number of aromatic nitrogens is 2. The normalized spacial score (nSPS) is 12.0. The van der Waals surface area contributed by atoms with E-state index in [2.05, 4.69) is 48.0 Å². The third-order valence-corrected chi connectivity index (χ3v) is 6.19. The zero-order chi connectivity index (χ0) is 24.1. The predicted octanol–water partition coefficient (Wildman–Crippen LogP) is 6.31. The third-order valence-electron chi connectivity index (χ3n) is 6.19. The van der Waals surface area contributed by atoms with E-state index >= 15 is 0 Å². The number of carbonyl (C=O) groups excluding carboxylic acids is 1. The van der Waals surface area contributed by atoms with E-state index in [1.54, 1.807) is 0 Å². The Hall–Kier alpha value is -3.60. The average molecular weight is 456 g/mol. The number of imidazole rings is 1. The van der Waals surface area contributed by atoms with Gasteiger partial charge in [-0.2, -0.15) is 0 Å². The molecule has 1 atom stereocenters. The molecule has 0 aliphatic rings. The molecule has 1 heterocycles. The van der Waals surface area contributed by atoms with Crippen LogP contribution in [0.3, 0.4) is 0 Å². The summed E-state index contributed by atoms with van der Waals surface area (Å²) in [6.45, 7) is 9.59. The van der Waals surface area contributed by atoms with E-state index in [1.165, 1.54) is 5.56 Å². The van der Waals surface area contributed by atoms with Crippen molar-refractivity contribution in [2.75, 3.05) is 6.61 Å². The summed E-state index contributed by atoms with van der Waals surface area (Å²) in [5.74, 6) is 1.76. The van der Waals surface area contributed by atoms with Crippen molar-refractivity contribution in [3.05, 3.63) is 94.8 Å². The molecule has 0 radical (unpaired) electrons. The minimum Gasteiger partial charge on any atom is -0.493 e. The molecule has 0 aliphatic carbocycles. The molecular formula is C29H33N3O2. The fourth-order valence-corrected chi connectivity index (χ4v) is 4.24. The first-order valence-corrected chi connectivity index (χ1v) is 12.0. The van der Waals surface area contributed by atoms with Crippen LogP contribution in [0.15, 0.2) is 66.7 Å². The van der Waals surface area contributed by atoms with Gasteiger partial charge in [-0.1, -0.05) is 42.5 Å². The van der Waals surface area contributed by atoms with Gasteiger partial charge < -0.3 is 14.6 Å². The average Bonchev–Trinajstić information content (AvgIpc) is 3.20. The Morgan fingerprint density at radius 2 is 1.74 bits per heavy atom. The van der Waals surface area contributed by atoms with Crippen LogP contribution in [0.1, 0.15) is 58.7 Å². The molecule has 0 saturated heterocycles. The molecule has 5 heteroatoms. The molecular weight excluding hydrogens is 422 g/mol. The van der Waals surface area contributed by atoms with Crippen molar-refractivity contribution in [3.8, 4) is 5.75 Å². The van der Waals surface area contributed by atoms with Crippen LogP contribution in [0.2, 0.25) is 0 Å². The number of hydrogen-bond donors (Lipinski definition) is 1. The summed E-state index contributed by atoms with van der Waals surface area (Å²) in [5.41, 5.74) is 6.06. The summed E-state index contributed by atoms with van der Waals surface area (Å²) in [6, 6.07) is 21.9. The molecule has 1 unspecified atom stereocenters. The number of carbonyl (C=O) groups is 1. The Morgan fingerprint density at radius 1 is 0.971 bits per heavy atom. The van der Waals surface area contributed by atoms with Gasteiger partial charge >= 0.3 is 0 Å². The Balaban J connectivity index is 1.44. The number of nitrogens with one attached hydrogen (secondary N) is 1. The van der Waals surface area contributed by atoms with Crippen molar-refractivity contribution in [3.63, 3.8) is 0 Å². The number of amides is 1. The Kier molecular flexibility index (Phi) is 7.31. The minimum atomic E-state index is -0.217. The smallest absolute Gasteiger partial charge is 0.252 e. The monoisotopic (exact) mass is 455 g/mol. The van der Waals surface area contributed by atoms with Crippen LogP contribution < -0.4 is 10.1 Å². The van der Waals surface area contributed by atoms with Crippen LogP contribution in [-0.4, -0.2) is 22.1 Å². The topological polar surface area (TPSA) is 56.1 Å². The third kappa shape index (κ3) is 5.30. The van der Waals surface area contributed by atoms with E-state index in [0.717, 1.165) is 53.1 Å². The van der Waals surface area contributed by atoms with E-state index in [1.807, 2.05) is 56.3 Å². The van der Waals surface area contributed by atoms with Gasteiger partial charge in [-0.05, 0) is 81.5 Å². The van der Waals surface area contributed by atoms with Gasteiger partial charge in [0.15, 0.2) is 0 Å². The number of unbranched alkanes of at least 4 members (excludes halogenated alkanes) is 1.